The number of morpholine rings is 1. The second-order valence-corrected chi connectivity index (χ2v) is 10.2. The summed E-state index contributed by atoms with van der Waals surface area (Å²) in [6.45, 7) is 9.18. The van der Waals surface area contributed by atoms with Gasteiger partial charge in [-0.1, -0.05) is 12.1 Å². The molecular formula is C20H31N3O4S. The number of rotatable bonds is 6. The van der Waals surface area contributed by atoms with Crippen molar-refractivity contribution >= 4 is 15.7 Å². The number of carbonyl (C=O) groups is 1. The summed E-state index contributed by atoms with van der Waals surface area (Å²) in [5.74, 6) is 0.330. The Kier molecular flexibility index (Phi) is 7.09. The van der Waals surface area contributed by atoms with E-state index in [0.717, 1.165) is 19.6 Å². The molecule has 2 unspecified atom stereocenters. The minimum absolute atomic E-state index is 0.0928. The summed E-state index contributed by atoms with van der Waals surface area (Å²) >= 11 is 0. The van der Waals surface area contributed by atoms with Crippen LogP contribution in [0.2, 0.25) is 0 Å². The predicted octanol–water partition coefficient (Wildman–Crippen LogP) is 0.756. The van der Waals surface area contributed by atoms with Crippen molar-refractivity contribution in [1.82, 2.24) is 15.1 Å². The molecule has 0 saturated carbocycles. The number of amides is 1. The Morgan fingerprint density at radius 3 is 2.29 bits per heavy atom. The monoisotopic (exact) mass is 409 g/mol. The highest BCUT2D eigenvalue weighted by Gasteiger charge is 2.22. The van der Waals surface area contributed by atoms with Crippen LogP contribution in [0.25, 0.3) is 0 Å². The smallest absolute Gasteiger partial charge is 0.251 e. The lowest BCUT2D eigenvalue weighted by Gasteiger charge is -2.35. The van der Waals surface area contributed by atoms with Gasteiger partial charge in [0, 0.05) is 51.4 Å². The second-order valence-electron chi connectivity index (χ2n) is 7.90. The van der Waals surface area contributed by atoms with Crippen LogP contribution in [0, 0.1) is 0 Å². The van der Waals surface area contributed by atoms with Crippen molar-refractivity contribution < 1.29 is 17.9 Å². The van der Waals surface area contributed by atoms with Gasteiger partial charge in [0.05, 0.1) is 23.7 Å². The van der Waals surface area contributed by atoms with E-state index in [0.29, 0.717) is 31.7 Å². The van der Waals surface area contributed by atoms with Gasteiger partial charge >= 0.3 is 0 Å². The summed E-state index contributed by atoms with van der Waals surface area (Å²) in [6.07, 6.45) is 0.489. The highest BCUT2D eigenvalue weighted by molar-refractivity contribution is 7.91. The SMILES string of the molecule is CC1CN(Cc2ccc(C(=O)NCCN3CCS(=O)(=O)CC3)cc2)CC(C)O1. The molecule has 1 N–H and O–H groups in total. The fourth-order valence-electron chi connectivity index (χ4n) is 3.84. The number of ether oxygens (including phenoxy) is 1. The van der Waals surface area contributed by atoms with E-state index in [1.807, 2.05) is 24.3 Å². The van der Waals surface area contributed by atoms with Crippen molar-refractivity contribution in [2.45, 2.75) is 32.6 Å². The number of carbonyl (C=O) groups excluding carboxylic acids is 1. The molecule has 28 heavy (non-hydrogen) atoms. The first-order chi connectivity index (χ1) is 13.3. The van der Waals surface area contributed by atoms with Crippen molar-refractivity contribution in [3.05, 3.63) is 35.4 Å². The van der Waals surface area contributed by atoms with Crippen LogP contribution in [-0.4, -0.2) is 87.1 Å². The Morgan fingerprint density at radius 1 is 1.07 bits per heavy atom. The van der Waals surface area contributed by atoms with Gasteiger partial charge in [-0.3, -0.25) is 14.6 Å². The van der Waals surface area contributed by atoms with Gasteiger partial charge in [0.2, 0.25) is 0 Å². The van der Waals surface area contributed by atoms with Crippen LogP contribution in [0.15, 0.2) is 24.3 Å². The minimum Gasteiger partial charge on any atom is -0.373 e. The molecular weight excluding hydrogens is 378 g/mol. The zero-order valence-corrected chi connectivity index (χ0v) is 17.6. The summed E-state index contributed by atoms with van der Waals surface area (Å²) in [5.41, 5.74) is 1.83. The summed E-state index contributed by atoms with van der Waals surface area (Å²) in [5, 5.41) is 2.92. The van der Waals surface area contributed by atoms with E-state index in [9.17, 15) is 13.2 Å². The van der Waals surface area contributed by atoms with Gasteiger partial charge in [-0.05, 0) is 31.5 Å². The maximum Gasteiger partial charge on any atom is 0.251 e. The number of hydrogen-bond acceptors (Lipinski definition) is 6. The Morgan fingerprint density at radius 2 is 1.68 bits per heavy atom. The normalized spacial score (nSPS) is 26.1. The van der Waals surface area contributed by atoms with Crippen LogP contribution < -0.4 is 5.32 Å². The third-order valence-corrected chi connectivity index (χ3v) is 6.88. The molecule has 8 heteroatoms. The van der Waals surface area contributed by atoms with Crippen molar-refractivity contribution in [2.75, 3.05) is 50.8 Å². The lowest BCUT2D eigenvalue weighted by Crippen LogP contribution is -2.44. The molecule has 2 aliphatic rings. The van der Waals surface area contributed by atoms with Crippen LogP contribution in [-0.2, 0) is 21.1 Å². The van der Waals surface area contributed by atoms with Gasteiger partial charge in [0.1, 0.15) is 0 Å². The van der Waals surface area contributed by atoms with Crippen LogP contribution >= 0.6 is 0 Å². The summed E-state index contributed by atoms with van der Waals surface area (Å²) in [4.78, 5) is 16.8. The Hall–Kier alpha value is -1.48. The van der Waals surface area contributed by atoms with Gasteiger partial charge < -0.3 is 10.1 Å². The average Bonchev–Trinajstić information content (AvgIpc) is 2.63. The molecule has 1 amide bonds. The highest BCUT2D eigenvalue weighted by Crippen LogP contribution is 2.15. The van der Waals surface area contributed by atoms with Gasteiger partial charge in [0.25, 0.3) is 5.91 Å². The molecule has 3 rings (SSSR count). The first-order valence-corrected chi connectivity index (χ1v) is 11.8. The number of nitrogens with one attached hydrogen (secondary N) is 1. The van der Waals surface area contributed by atoms with Gasteiger partial charge in [-0.25, -0.2) is 8.42 Å². The largest absolute Gasteiger partial charge is 0.373 e. The molecule has 2 heterocycles. The van der Waals surface area contributed by atoms with E-state index in [2.05, 4.69) is 29.0 Å². The van der Waals surface area contributed by atoms with Gasteiger partial charge in [0.15, 0.2) is 9.84 Å². The first kappa shape index (κ1) is 21.2. The van der Waals surface area contributed by atoms with Crippen LogP contribution in [0.3, 0.4) is 0 Å². The molecule has 0 radical (unpaired) electrons. The van der Waals surface area contributed by atoms with E-state index >= 15 is 0 Å². The van der Waals surface area contributed by atoms with Crippen LogP contribution in [0.5, 0.6) is 0 Å². The first-order valence-electron chi connectivity index (χ1n) is 9.98. The molecule has 0 bridgehead atoms. The quantitative estimate of drug-likeness (QED) is 0.747. The molecule has 7 nitrogen and oxygen atoms in total. The van der Waals surface area contributed by atoms with Crippen LogP contribution in [0.4, 0.5) is 0 Å². The second kappa shape index (κ2) is 9.35. The third kappa shape index (κ3) is 6.27. The Bertz CT molecular complexity index is 742. The topological polar surface area (TPSA) is 79.0 Å². The summed E-state index contributed by atoms with van der Waals surface area (Å²) < 4.78 is 28.7. The van der Waals surface area contributed by atoms with Crippen molar-refractivity contribution in [3.63, 3.8) is 0 Å². The maximum absolute atomic E-state index is 12.3. The molecule has 0 aromatic heterocycles. The Balaban J connectivity index is 1.42. The van der Waals surface area contributed by atoms with Crippen molar-refractivity contribution in [3.8, 4) is 0 Å². The Labute approximate surface area is 167 Å². The average molecular weight is 410 g/mol. The molecule has 2 aliphatic heterocycles. The summed E-state index contributed by atoms with van der Waals surface area (Å²) in [7, 11) is -2.86. The van der Waals surface area contributed by atoms with Crippen molar-refractivity contribution in [1.29, 1.82) is 0 Å². The van der Waals surface area contributed by atoms with Crippen LogP contribution in [0.1, 0.15) is 29.8 Å². The number of nitrogens with zero attached hydrogens (tertiary/aromatic N) is 2. The van der Waals surface area contributed by atoms with Gasteiger partial charge in [-0.2, -0.15) is 0 Å². The molecule has 156 valence electrons. The number of sulfone groups is 1. The molecule has 1 aromatic rings. The lowest BCUT2D eigenvalue weighted by atomic mass is 10.1. The molecule has 2 fully saturated rings. The highest BCUT2D eigenvalue weighted by atomic mass is 32.2. The molecule has 0 spiro atoms. The molecule has 1 aromatic carbocycles. The van der Waals surface area contributed by atoms with E-state index in [1.54, 1.807) is 0 Å². The zero-order chi connectivity index (χ0) is 20.1. The molecule has 2 saturated heterocycles. The maximum atomic E-state index is 12.3. The molecule has 0 aliphatic carbocycles. The number of hydrogen-bond donors (Lipinski definition) is 1. The van der Waals surface area contributed by atoms with E-state index in [1.165, 1.54) is 5.56 Å². The van der Waals surface area contributed by atoms with Gasteiger partial charge in [-0.15, -0.1) is 0 Å². The van der Waals surface area contributed by atoms with E-state index in [4.69, 9.17) is 4.74 Å². The zero-order valence-electron chi connectivity index (χ0n) is 16.8. The predicted molar refractivity (Wildman–Crippen MR) is 109 cm³/mol. The van der Waals surface area contributed by atoms with E-state index < -0.39 is 9.84 Å². The minimum atomic E-state index is -2.86. The van der Waals surface area contributed by atoms with E-state index in [-0.39, 0.29) is 29.6 Å². The number of benzene rings is 1. The van der Waals surface area contributed by atoms with Crippen molar-refractivity contribution in [2.24, 2.45) is 0 Å². The fourth-order valence-corrected chi connectivity index (χ4v) is 5.11. The molecule has 2 atom stereocenters. The summed E-state index contributed by atoms with van der Waals surface area (Å²) in [6, 6.07) is 7.75. The standard InChI is InChI=1S/C20H31N3O4S/c1-16-13-23(14-17(2)27-16)15-18-3-5-19(6-4-18)20(24)21-7-8-22-9-11-28(25,26)12-10-22/h3-6,16-17H,7-15H2,1-2H3,(H,21,24). The fraction of sp³-hybridized carbons (Fsp3) is 0.650. The lowest BCUT2D eigenvalue weighted by molar-refractivity contribution is -0.0704. The third-order valence-electron chi connectivity index (χ3n) is 5.27.